The van der Waals surface area contributed by atoms with E-state index in [1.54, 1.807) is 25.2 Å². The van der Waals surface area contributed by atoms with E-state index in [2.05, 4.69) is 10.3 Å². The zero-order chi connectivity index (χ0) is 20.1. The Morgan fingerprint density at radius 1 is 1.18 bits per heavy atom. The van der Waals surface area contributed by atoms with Gasteiger partial charge in [0.1, 0.15) is 6.04 Å². The van der Waals surface area contributed by atoms with E-state index in [1.165, 1.54) is 16.2 Å². The van der Waals surface area contributed by atoms with Crippen LogP contribution in [0.2, 0.25) is 5.02 Å². The Bertz CT molecular complexity index is 978. The second-order valence-corrected chi connectivity index (χ2v) is 7.30. The van der Waals surface area contributed by atoms with Gasteiger partial charge < -0.3 is 10.4 Å². The van der Waals surface area contributed by atoms with Crippen LogP contribution in [-0.2, 0) is 9.59 Å². The first-order valence-electron chi connectivity index (χ1n) is 8.47. The number of carboxylic acid groups (broad SMARTS) is 1. The molecule has 1 heterocycles. The van der Waals surface area contributed by atoms with Crippen molar-refractivity contribution < 1.29 is 14.7 Å². The topological polar surface area (TPSA) is 82.5 Å². The van der Waals surface area contributed by atoms with Gasteiger partial charge in [-0.2, -0.15) is 0 Å². The quantitative estimate of drug-likeness (QED) is 0.598. The molecule has 3 aromatic rings. The lowest BCUT2D eigenvalue weighted by Gasteiger charge is -2.22. The number of thiazole rings is 1. The van der Waals surface area contributed by atoms with Crippen LogP contribution in [0.4, 0.5) is 10.8 Å². The van der Waals surface area contributed by atoms with Crippen LogP contribution in [0.25, 0.3) is 11.3 Å². The maximum absolute atomic E-state index is 12.9. The molecular weight excluding hydrogens is 398 g/mol. The number of anilines is 2. The summed E-state index contributed by atoms with van der Waals surface area (Å²) in [6.07, 6.45) is -0.346. The largest absolute Gasteiger partial charge is 0.481 e. The number of carbonyl (C=O) groups is 2. The third kappa shape index (κ3) is 4.68. The third-order valence-electron chi connectivity index (χ3n) is 4.05. The summed E-state index contributed by atoms with van der Waals surface area (Å²) in [5.74, 6) is -1.45. The Labute approximate surface area is 171 Å². The zero-order valence-corrected chi connectivity index (χ0v) is 16.6. The first-order valence-corrected chi connectivity index (χ1v) is 9.73. The van der Waals surface area contributed by atoms with Gasteiger partial charge in [0, 0.05) is 28.7 Å². The minimum absolute atomic E-state index is 0.346. The maximum atomic E-state index is 12.9. The minimum atomic E-state index is -1.06. The molecule has 6 nitrogen and oxygen atoms in total. The van der Waals surface area contributed by atoms with E-state index in [-0.39, 0.29) is 12.3 Å². The van der Waals surface area contributed by atoms with Gasteiger partial charge in [-0.15, -0.1) is 11.3 Å². The number of nitrogens with zero attached hydrogens (tertiary/aromatic N) is 2. The van der Waals surface area contributed by atoms with Crippen molar-refractivity contribution in [3.8, 4) is 11.3 Å². The fourth-order valence-electron chi connectivity index (χ4n) is 2.65. The Morgan fingerprint density at radius 3 is 2.54 bits per heavy atom. The van der Waals surface area contributed by atoms with Gasteiger partial charge in [-0.3, -0.25) is 14.5 Å². The monoisotopic (exact) mass is 415 g/mol. The van der Waals surface area contributed by atoms with Crippen molar-refractivity contribution >= 4 is 45.6 Å². The predicted molar refractivity (Wildman–Crippen MR) is 112 cm³/mol. The van der Waals surface area contributed by atoms with E-state index in [0.717, 1.165) is 5.56 Å². The molecule has 144 valence electrons. The van der Waals surface area contributed by atoms with E-state index in [4.69, 9.17) is 11.6 Å². The Balaban J connectivity index is 1.81. The van der Waals surface area contributed by atoms with E-state index >= 15 is 0 Å². The smallest absolute Gasteiger partial charge is 0.305 e. The van der Waals surface area contributed by atoms with Gasteiger partial charge >= 0.3 is 5.97 Å². The molecule has 1 amide bonds. The Morgan fingerprint density at radius 2 is 1.86 bits per heavy atom. The second kappa shape index (κ2) is 8.86. The fraction of sp³-hybridized carbons (Fsp3) is 0.150. The molecule has 1 atom stereocenters. The minimum Gasteiger partial charge on any atom is -0.481 e. The van der Waals surface area contributed by atoms with Crippen LogP contribution >= 0.6 is 22.9 Å². The fourth-order valence-corrected chi connectivity index (χ4v) is 3.68. The highest BCUT2D eigenvalue weighted by molar-refractivity contribution is 7.14. The third-order valence-corrected chi connectivity index (χ3v) is 5.30. The summed E-state index contributed by atoms with van der Waals surface area (Å²) in [6.45, 7) is 0. The summed E-state index contributed by atoms with van der Waals surface area (Å²) < 4.78 is 0. The molecule has 8 heteroatoms. The lowest BCUT2D eigenvalue weighted by Crippen LogP contribution is -2.42. The molecule has 0 fully saturated rings. The zero-order valence-electron chi connectivity index (χ0n) is 15.0. The van der Waals surface area contributed by atoms with Gasteiger partial charge in [-0.25, -0.2) is 4.98 Å². The van der Waals surface area contributed by atoms with Gasteiger partial charge in [0.05, 0.1) is 12.1 Å². The first-order chi connectivity index (χ1) is 13.5. The number of likely N-dealkylation sites (N-methyl/N-ethyl adjacent to an activating group) is 1. The second-order valence-electron chi connectivity index (χ2n) is 6.05. The number of aromatic nitrogens is 1. The van der Waals surface area contributed by atoms with Gasteiger partial charge in [-0.05, 0) is 18.2 Å². The molecule has 2 aromatic carbocycles. The van der Waals surface area contributed by atoms with Gasteiger partial charge in [0.25, 0.3) is 5.91 Å². The number of carboxylic acids is 1. The van der Waals surface area contributed by atoms with E-state index in [1.807, 2.05) is 41.8 Å². The molecule has 0 aliphatic heterocycles. The molecule has 0 bridgehead atoms. The molecule has 2 N–H and O–H groups in total. The number of amides is 1. The summed E-state index contributed by atoms with van der Waals surface area (Å²) in [7, 11) is 1.58. The van der Waals surface area contributed by atoms with Crippen molar-refractivity contribution in [3.05, 3.63) is 65.0 Å². The Hall–Kier alpha value is -2.90. The molecule has 0 saturated heterocycles. The van der Waals surface area contributed by atoms with Crippen LogP contribution < -0.4 is 10.2 Å². The van der Waals surface area contributed by atoms with Crippen LogP contribution in [0.15, 0.2) is 60.0 Å². The number of benzene rings is 2. The van der Waals surface area contributed by atoms with Gasteiger partial charge in [-0.1, -0.05) is 48.0 Å². The van der Waals surface area contributed by atoms with Gasteiger partial charge in [0.2, 0.25) is 0 Å². The maximum Gasteiger partial charge on any atom is 0.305 e. The lowest BCUT2D eigenvalue weighted by atomic mass is 10.1. The average molecular weight is 416 g/mol. The molecule has 0 saturated carbocycles. The summed E-state index contributed by atoms with van der Waals surface area (Å²) in [6, 6.07) is 15.4. The molecule has 28 heavy (non-hydrogen) atoms. The lowest BCUT2D eigenvalue weighted by molar-refractivity contribution is -0.138. The molecule has 3 rings (SSSR count). The summed E-state index contributed by atoms with van der Waals surface area (Å²) >= 11 is 7.51. The number of halogens is 1. The van der Waals surface area contributed by atoms with Gasteiger partial charge in [0.15, 0.2) is 5.13 Å². The molecule has 1 unspecified atom stereocenters. The highest BCUT2D eigenvalue weighted by Gasteiger charge is 2.27. The van der Waals surface area contributed by atoms with Crippen molar-refractivity contribution in [2.24, 2.45) is 0 Å². The predicted octanol–water partition coefficient (Wildman–Crippen LogP) is 4.38. The summed E-state index contributed by atoms with van der Waals surface area (Å²) in [4.78, 5) is 30.1. The number of aliphatic carboxylic acids is 1. The number of hydrogen-bond donors (Lipinski definition) is 2. The van der Waals surface area contributed by atoms with Crippen molar-refractivity contribution in [1.82, 2.24) is 4.98 Å². The highest BCUT2D eigenvalue weighted by atomic mass is 35.5. The standard InChI is InChI=1S/C20H18ClN3O3S/c1-24(20-23-17(12-28-20)14-9-5-6-10-15(14)21)19(27)16(11-18(25)26)22-13-7-3-2-4-8-13/h2-10,12,16,22H,11H2,1H3,(H,25,26). The number of hydrogen-bond acceptors (Lipinski definition) is 5. The summed E-state index contributed by atoms with van der Waals surface area (Å²) in [5, 5.41) is 15.1. The molecule has 0 aliphatic rings. The van der Waals surface area contributed by atoms with Crippen molar-refractivity contribution in [2.75, 3.05) is 17.3 Å². The number of para-hydroxylation sites is 1. The molecular formula is C20H18ClN3O3S. The van der Waals surface area contributed by atoms with Crippen molar-refractivity contribution in [3.63, 3.8) is 0 Å². The normalized spacial score (nSPS) is 11.6. The van der Waals surface area contributed by atoms with Crippen LogP contribution in [0, 0.1) is 0 Å². The number of carbonyl (C=O) groups excluding carboxylic acids is 1. The van der Waals surface area contributed by atoms with E-state index in [0.29, 0.717) is 21.5 Å². The molecule has 0 radical (unpaired) electrons. The van der Waals surface area contributed by atoms with E-state index in [9.17, 15) is 14.7 Å². The van der Waals surface area contributed by atoms with E-state index < -0.39 is 12.0 Å². The Kier molecular flexibility index (Phi) is 6.28. The molecule has 1 aromatic heterocycles. The highest BCUT2D eigenvalue weighted by Crippen LogP contribution is 2.31. The number of nitrogens with one attached hydrogen (secondary N) is 1. The van der Waals surface area contributed by atoms with Crippen LogP contribution in [0.1, 0.15) is 6.42 Å². The van der Waals surface area contributed by atoms with Crippen LogP contribution in [0.5, 0.6) is 0 Å². The van der Waals surface area contributed by atoms with Crippen LogP contribution in [0.3, 0.4) is 0 Å². The SMILES string of the molecule is CN(C(=O)C(CC(=O)O)Nc1ccccc1)c1nc(-c2ccccc2Cl)cs1. The van der Waals surface area contributed by atoms with Crippen molar-refractivity contribution in [1.29, 1.82) is 0 Å². The average Bonchev–Trinajstić information content (AvgIpc) is 3.17. The molecule has 0 aliphatic carbocycles. The van der Waals surface area contributed by atoms with Crippen molar-refractivity contribution in [2.45, 2.75) is 12.5 Å². The first kappa shape index (κ1) is 19.9. The molecule has 0 spiro atoms. The summed E-state index contributed by atoms with van der Waals surface area (Å²) in [5.41, 5.74) is 2.11. The van der Waals surface area contributed by atoms with Crippen LogP contribution in [-0.4, -0.2) is 35.1 Å². The number of rotatable bonds is 7.